The van der Waals surface area contributed by atoms with Crippen LogP contribution < -0.4 is 16.6 Å². The summed E-state index contributed by atoms with van der Waals surface area (Å²) in [5.41, 5.74) is 0.782. The van der Waals surface area contributed by atoms with Gasteiger partial charge in [0.25, 0.3) is 11.5 Å². The lowest BCUT2D eigenvalue weighted by Gasteiger charge is -2.19. The number of benzene rings is 1. The van der Waals surface area contributed by atoms with Crippen molar-refractivity contribution in [2.24, 2.45) is 0 Å². The molecular formula is C19H24N4O4. The van der Waals surface area contributed by atoms with E-state index in [2.05, 4.69) is 15.3 Å². The molecule has 0 aliphatic heterocycles. The molecule has 8 heteroatoms. The van der Waals surface area contributed by atoms with Crippen LogP contribution in [0.2, 0.25) is 0 Å². The molecule has 0 saturated carbocycles. The fourth-order valence-electron chi connectivity index (χ4n) is 2.81. The Morgan fingerprint density at radius 2 is 1.81 bits per heavy atom. The van der Waals surface area contributed by atoms with Crippen molar-refractivity contribution in [1.82, 2.24) is 14.9 Å². The summed E-state index contributed by atoms with van der Waals surface area (Å²) >= 11 is 0. The normalized spacial score (nSPS) is 10.5. The highest BCUT2D eigenvalue weighted by molar-refractivity contribution is 5.97. The summed E-state index contributed by atoms with van der Waals surface area (Å²) in [5, 5.41) is 2.74. The summed E-state index contributed by atoms with van der Waals surface area (Å²) < 4.78 is 0. The average Bonchev–Trinajstić information content (AvgIpc) is 2.62. The highest BCUT2D eigenvalue weighted by Gasteiger charge is 2.14. The van der Waals surface area contributed by atoms with Crippen LogP contribution in [0, 0.1) is 6.92 Å². The molecule has 1 aromatic carbocycles. The van der Waals surface area contributed by atoms with Crippen LogP contribution in [0.5, 0.6) is 0 Å². The number of aryl methyl sites for hydroxylation is 1. The first-order valence-electron chi connectivity index (χ1n) is 8.87. The number of hydrogen-bond donors (Lipinski definition) is 3. The van der Waals surface area contributed by atoms with E-state index in [-0.39, 0.29) is 24.7 Å². The quantitative estimate of drug-likeness (QED) is 0.682. The zero-order valence-corrected chi connectivity index (χ0v) is 15.7. The van der Waals surface area contributed by atoms with Crippen LogP contribution in [0.4, 0.5) is 5.69 Å². The standard InChI is InChI=1S/C19H24N4O4/c1-4-23(5-2)18(26)13-7-6-8-14(11-13)21-16(24)10-9-15-12(3)20-19(27)22-17(15)25/h6-8,11H,4-5,9-10H2,1-3H3,(H,21,24)(H2,20,22,25,27). The molecule has 0 unspecified atom stereocenters. The maximum absolute atomic E-state index is 12.4. The van der Waals surface area contributed by atoms with E-state index in [1.54, 1.807) is 36.1 Å². The number of nitrogens with zero attached hydrogens (tertiary/aromatic N) is 1. The Hall–Kier alpha value is -3.16. The number of amides is 2. The van der Waals surface area contributed by atoms with Gasteiger partial charge in [0, 0.05) is 42.0 Å². The highest BCUT2D eigenvalue weighted by Crippen LogP contribution is 2.13. The molecule has 0 spiro atoms. The van der Waals surface area contributed by atoms with Crippen LogP contribution in [0.3, 0.4) is 0 Å². The molecule has 3 N–H and O–H groups in total. The number of anilines is 1. The number of nitrogens with one attached hydrogen (secondary N) is 3. The molecule has 1 heterocycles. The second-order valence-electron chi connectivity index (χ2n) is 6.12. The zero-order chi connectivity index (χ0) is 20.0. The van der Waals surface area contributed by atoms with E-state index in [4.69, 9.17) is 0 Å². The smallest absolute Gasteiger partial charge is 0.325 e. The van der Waals surface area contributed by atoms with Gasteiger partial charge in [-0.25, -0.2) is 4.79 Å². The molecule has 0 radical (unpaired) electrons. The van der Waals surface area contributed by atoms with Gasteiger partial charge in [0.05, 0.1) is 0 Å². The lowest BCUT2D eigenvalue weighted by molar-refractivity contribution is -0.116. The lowest BCUT2D eigenvalue weighted by atomic mass is 10.1. The summed E-state index contributed by atoms with van der Waals surface area (Å²) in [6.45, 7) is 6.66. The molecule has 2 rings (SSSR count). The molecule has 0 bridgehead atoms. The van der Waals surface area contributed by atoms with Gasteiger partial charge in [0.1, 0.15) is 0 Å². The van der Waals surface area contributed by atoms with Gasteiger partial charge < -0.3 is 15.2 Å². The van der Waals surface area contributed by atoms with E-state index in [1.165, 1.54) is 0 Å². The maximum atomic E-state index is 12.4. The molecule has 8 nitrogen and oxygen atoms in total. The van der Waals surface area contributed by atoms with E-state index in [1.807, 2.05) is 13.8 Å². The van der Waals surface area contributed by atoms with Crippen LogP contribution in [0.1, 0.15) is 41.9 Å². The van der Waals surface area contributed by atoms with Gasteiger partial charge in [-0.2, -0.15) is 0 Å². The van der Waals surface area contributed by atoms with Gasteiger partial charge >= 0.3 is 5.69 Å². The topological polar surface area (TPSA) is 115 Å². The molecule has 27 heavy (non-hydrogen) atoms. The number of aromatic nitrogens is 2. The van der Waals surface area contributed by atoms with Crippen LogP contribution in [-0.2, 0) is 11.2 Å². The Kier molecular flexibility index (Phi) is 6.70. The Labute approximate surface area is 156 Å². The molecular weight excluding hydrogens is 348 g/mol. The summed E-state index contributed by atoms with van der Waals surface area (Å²) in [4.78, 5) is 54.0. The minimum Gasteiger partial charge on any atom is -0.339 e. The predicted molar refractivity (Wildman–Crippen MR) is 103 cm³/mol. The fourth-order valence-corrected chi connectivity index (χ4v) is 2.81. The average molecular weight is 372 g/mol. The molecule has 2 amide bonds. The third-order valence-electron chi connectivity index (χ3n) is 4.30. The Balaban J connectivity index is 2.04. The van der Waals surface area contributed by atoms with E-state index in [9.17, 15) is 19.2 Å². The number of hydrogen-bond acceptors (Lipinski definition) is 4. The minimum atomic E-state index is -0.569. The van der Waals surface area contributed by atoms with E-state index in [0.717, 1.165) is 0 Å². The van der Waals surface area contributed by atoms with Crippen molar-refractivity contribution in [1.29, 1.82) is 0 Å². The molecule has 1 aromatic heterocycles. The second kappa shape index (κ2) is 8.98. The van der Waals surface area contributed by atoms with E-state index < -0.39 is 11.2 Å². The van der Waals surface area contributed by atoms with Gasteiger partial charge in [-0.15, -0.1) is 0 Å². The summed E-state index contributed by atoms with van der Waals surface area (Å²) in [6.07, 6.45) is 0.270. The van der Waals surface area contributed by atoms with Gasteiger partial charge in [-0.05, 0) is 45.4 Å². The van der Waals surface area contributed by atoms with Crippen LogP contribution in [0.25, 0.3) is 0 Å². The van der Waals surface area contributed by atoms with Crippen LogP contribution in [0.15, 0.2) is 33.9 Å². The van der Waals surface area contributed by atoms with Crippen molar-refractivity contribution >= 4 is 17.5 Å². The minimum absolute atomic E-state index is 0.0736. The molecule has 0 aliphatic carbocycles. The maximum Gasteiger partial charge on any atom is 0.325 e. The van der Waals surface area contributed by atoms with Gasteiger partial charge in [-0.1, -0.05) is 6.07 Å². The molecule has 0 saturated heterocycles. The Morgan fingerprint density at radius 3 is 2.44 bits per heavy atom. The fraction of sp³-hybridized carbons (Fsp3) is 0.368. The van der Waals surface area contributed by atoms with E-state index >= 15 is 0 Å². The van der Waals surface area contributed by atoms with Crippen LogP contribution in [-0.4, -0.2) is 39.8 Å². The Morgan fingerprint density at radius 1 is 1.11 bits per heavy atom. The van der Waals surface area contributed by atoms with Gasteiger partial charge in [-0.3, -0.25) is 19.4 Å². The molecule has 0 fully saturated rings. The number of H-pyrrole nitrogens is 2. The summed E-state index contributed by atoms with van der Waals surface area (Å²) in [7, 11) is 0. The van der Waals surface area contributed by atoms with Crippen molar-refractivity contribution < 1.29 is 9.59 Å². The monoisotopic (exact) mass is 372 g/mol. The zero-order valence-electron chi connectivity index (χ0n) is 15.7. The summed E-state index contributed by atoms with van der Waals surface area (Å²) in [6, 6.07) is 6.76. The van der Waals surface area contributed by atoms with Crippen LogP contribution >= 0.6 is 0 Å². The lowest BCUT2D eigenvalue weighted by Crippen LogP contribution is -2.30. The van der Waals surface area contributed by atoms with Gasteiger partial charge in [0.2, 0.25) is 5.91 Å². The molecule has 2 aromatic rings. The molecule has 144 valence electrons. The number of carbonyl (C=O) groups is 2. The first-order chi connectivity index (χ1) is 12.8. The van der Waals surface area contributed by atoms with Crippen molar-refractivity contribution in [3.8, 4) is 0 Å². The second-order valence-corrected chi connectivity index (χ2v) is 6.12. The summed E-state index contributed by atoms with van der Waals surface area (Å²) in [5.74, 6) is -0.376. The van der Waals surface area contributed by atoms with Crippen molar-refractivity contribution in [2.45, 2.75) is 33.6 Å². The first-order valence-corrected chi connectivity index (χ1v) is 8.87. The van der Waals surface area contributed by atoms with Crippen molar-refractivity contribution in [3.05, 3.63) is 61.9 Å². The SMILES string of the molecule is CCN(CC)C(=O)c1cccc(NC(=O)CCc2c(C)[nH]c(=O)[nH]c2=O)c1. The largest absolute Gasteiger partial charge is 0.339 e. The van der Waals surface area contributed by atoms with Crippen molar-refractivity contribution in [3.63, 3.8) is 0 Å². The third-order valence-corrected chi connectivity index (χ3v) is 4.30. The number of aromatic amines is 2. The molecule has 0 atom stereocenters. The highest BCUT2D eigenvalue weighted by atomic mass is 16.2. The third kappa shape index (κ3) is 5.16. The Bertz CT molecular complexity index is 941. The number of carbonyl (C=O) groups excluding carboxylic acids is 2. The predicted octanol–water partition coefficient (Wildman–Crippen LogP) is 1.42. The van der Waals surface area contributed by atoms with E-state index in [0.29, 0.717) is 35.6 Å². The molecule has 0 aliphatic rings. The first kappa shape index (κ1) is 20.2. The number of rotatable bonds is 7. The van der Waals surface area contributed by atoms with Gasteiger partial charge in [0.15, 0.2) is 0 Å². The van der Waals surface area contributed by atoms with Crippen molar-refractivity contribution in [2.75, 3.05) is 18.4 Å².